The third-order valence-corrected chi connectivity index (χ3v) is 15.0. The zero-order valence-electron chi connectivity index (χ0n) is 36.7. The molecule has 0 saturated heterocycles. The summed E-state index contributed by atoms with van der Waals surface area (Å²) in [6.45, 7) is 9.70. The molecule has 0 fully saturated rings. The lowest BCUT2D eigenvalue weighted by molar-refractivity contribution is 0.403. The van der Waals surface area contributed by atoms with Crippen molar-refractivity contribution < 1.29 is 0 Å². The highest BCUT2D eigenvalue weighted by atomic mass is 15.1. The molecular formula is C62H48N2. The predicted molar refractivity (Wildman–Crippen MR) is 268 cm³/mol. The molecule has 2 nitrogen and oxygen atoms in total. The summed E-state index contributed by atoms with van der Waals surface area (Å²) in [5, 5.41) is 2.52. The van der Waals surface area contributed by atoms with Crippen LogP contribution in [0.4, 0.5) is 17.1 Å². The van der Waals surface area contributed by atoms with Crippen LogP contribution in [0.2, 0.25) is 0 Å². The van der Waals surface area contributed by atoms with E-state index < -0.39 is 5.41 Å². The highest BCUT2D eigenvalue weighted by Gasteiger charge is 2.52. The van der Waals surface area contributed by atoms with E-state index in [1.807, 2.05) is 0 Å². The maximum Gasteiger partial charge on any atom is 0.0726 e. The maximum absolute atomic E-state index is 2.57. The lowest BCUT2D eigenvalue weighted by atomic mass is 9.70. The Labute approximate surface area is 375 Å². The Morgan fingerprint density at radius 2 is 0.922 bits per heavy atom. The molecule has 3 aliphatic carbocycles. The normalized spacial score (nSPS) is 15.5. The van der Waals surface area contributed by atoms with Crippen LogP contribution in [0.15, 0.2) is 206 Å². The topological polar surface area (TPSA) is 8.17 Å². The first-order valence-corrected chi connectivity index (χ1v) is 22.8. The number of aromatic nitrogens is 1. The summed E-state index contributed by atoms with van der Waals surface area (Å²) in [4.78, 5) is 2.52. The Balaban J connectivity index is 1.11. The molecule has 64 heavy (non-hydrogen) atoms. The van der Waals surface area contributed by atoms with Gasteiger partial charge in [0.25, 0.3) is 0 Å². The van der Waals surface area contributed by atoms with Crippen molar-refractivity contribution in [3.8, 4) is 39.1 Å². The molecule has 0 saturated carbocycles. The first-order valence-electron chi connectivity index (χ1n) is 22.8. The minimum Gasteiger partial charge on any atom is -0.310 e. The van der Waals surface area contributed by atoms with Crippen molar-refractivity contribution in [2.75, 3.05) is 4.90 Å². The van der Waals surface area contributed by atoms with Crippen LogP contribution in [0.25, 0.3) is 60.9 Å². The molecule has 306 valence electrons. The summed E-state index contributed by atoms with van der Waals surface area (Å²) in [5.74, 6) is 0. The molecule has 10 aromatic rings. The van der Waals surface area contributed by atoms with Crippen molar-refractivity contribution in [3.05, 3.63) is 240 Å². The Kier molecular flexibility index (Phi) is 7.72. The van der Waals surface area contributed by atoms with E-state index in [-0.39, 0.29) is 10.8 Å². The molecule has 0 aliphatic heterocycles. The van der Waals surface area contributed by atoms with Crippen molar-refractivity contribution in [3.63, 3.8) is 0 Å². The van der Waals surface area contributed by atoms with Crippen molar-refractivity contribution in [1.29, 1.82) is 0 Å². The van der Waals surface area contributed by atoms with Gasteiger partial charge in [0.1, 0.15) is 0 Å². The summed E-state index contributed by atoms with van der Waals surface area (Å²) >= 11 is 0. The van der Waals surface area contributed by atoms with Gasteiger partial charge in [0.2, 0.25) is 0 Å². The van der Waals surface area contributed by atoms with Crippen LogP contribution in [0.3, 0.4) is 0 Å². The SMILES string of the molecule is CC1(C)CC(C)(C)c2c(-n3c4ccccc4c4ccc(N(c5ccc6c(c5)C5(c7ccccc7-c7ccccc75)c5ccccc5-6)c5ccccc5-c5ccccc5)cc43)cccc21. The van der Waals surface area contributed by atoms with Crippen LogP contribution in [-0.4, -0.2) is 4.57 Å². The zero-order chi connectivity index (χ0) is 43.0. The van der Waals surface area contributed by atoms with Crippen molar-refractivity contribution in [1.82, 2.24) is 4.57 Å². The van der Waals surface area contributed by atoms with Crippen LogP contribution < -0.4 is 4.90 Å². The maximum atomic E-state index is 2.57. The van der Waals surface area contributed by atoms with Gasteiger partial charge in [0.05, 0.1) is 27.8 Å². The Morgan fingerprint density at radius 3 is 1.62 bits per heavy atom. The minimum atomic E-state index is -0.454. The molecule has 0 N–H and O–H groups in total. The minimum absolute atomic E-state index is 0.0147. The fourth-order valence-corrected chi connectivity index (χ4v) is 12.8. The molecule has 13 rings (SSSR count). The fraction of sp³-hybridized carbons (Fsp3) is 0.129. The molecule has 0 radical (unpaired) electrons. The average molecular weight is 821 g/mol. The predicted octanol–water partition coefficient (Wildman–Crippen LogP) is 16.2. The van der Waals surface area contributed by atoms with E-state index in [1.165, 1.54) is 94.3 Å². The summed E-state index contributed by atoms with van der Waals surface area (Å²) in [5.41, 5.74) is 22.6. The van der Waals surface area contributed by atoms with E-state index in [1.54, 1.807) is 0 Å². The van der Waals surface area contributed by atoms with Crippen molar-refractivity contribution >= 4 is 38.9 Å². The van der Waals surface area contributed by atoms with E-state index in [4.69, 9.17) is 0 Å². The van der Waals surface area contributed by atoms with E-state index >= 15 is 0 Å². The van der Waals surface area contributed by atoms with E-state index in [2.05, 4.69) is 243 Å². The average Bonchev–Trinajstić information content (AvgIpc) is 3.98. The van der Waals surface area contributed by atoms with Crippen LogP contribution in [-0.2, 0) is 16.2 Å². The number of hydrogen-bond acceptors (Lipinski definition) is 1. The first-order chi connectivity index (χ1) is 31.3. The Bertz CT molecular complexity index is 3480. The van der Waals surface area contributed by atoms with E-state index in [9.17, 15) is 0 Å². The molecule has 0 atom stereocenters. The van der Waals surface area contributed by atoms with Gasteiger partial charge in [0, 0.05) is 27.7 Å². The zero-order valence-corrected chi connectivity index (χ0v) is 36.7. The van der Waals surface area contributed by atoms with Gasteiger partial charge in [-0.25, -0.2) is 0 Å². The molecular weight excluding hydrogens is 773 g/mol. The molecule has 1 spiro atoms. The third kappa shape index (κ3) is 4.97. The van der Waals surface area contributed by atoms with Gasteiger partial charge in [0.15, 0.2) is 0 Å². The van der Waals surface area contributed by atoms with Crippen molar-refractivity contribution in [2.24, 2.45) is 0 Å². The third-order valence-electron chi connectivity index (χ3n) is 15.0. The molecule has 1 heterocycles. The highest BCUT2D eigenvalue weighted by molar-refractivity contribution is 6.11. The number of fused-ring (bicyclic) bond motifs is 14. The largest absolute Gasteiger partial charge is 0.310 e. The summed E-state index contributed by atoms with van der Waals surface area (Å²) in [7, 11) is 0. The number of benzene rings is 9. The molecule has 2 heteroatoms. The smallest absolute Gasteiger partial charge is 0.0726 e. The molecule has 3 aliphatic rings. The number of para-hydroxylation sites is 2. The van der Waals surface area contributed by atoms with Gasteiger partial charge in [-0.2, -0.15) is 0 Å². The van der Waals surface area contributed by atoms with Crippen LogP contribution in [0, 0.1) is 0 Å². The number of rotatable bonds is 5. The number of hydrogen-bond donors (Lipinski definition) is 0. The Hall–Kier alpha value is -7.42. The number of anilines is 3. The second-order valence-electron chi connectivity index (χ2n) is 19.5. The molecule has 0 unspecified atom stereocenters. The van der Waals surface area contributed by atoms with Gasteiger partial charge in [-0.05, 0) is 121 Å². The standard InChI is InChI=1S/C62H48N2/c1-60(2)39-61(3,4)59-53(60)29-18-32-57(59)64-56-31-17-12-25-48(56)49-36-34-42(38-58(49)64)63(55-30-16-11-21-43(55)40-19-6-5-7-20-40)41-33-35-47-46-24-10-15-28-52(46)62(54(47)37-41)50-26-13-8-22-44(50)45-23-9-14-27-51(45)62/h5-38H,39H2,1-4H3. The van der Waals surface area contributed by atoms with E-state index in [0.29, 0.717) is 0 Å². The highest BCUT2D eigenvalue weighted by Crippen LogP contribution is 2.63. The summed E-state index contributed by atoms with van der Waals surface area (Å²) in [6.07, 6.45) is 1.11. The Morgan fingerprint density at radius 1 is 0.391 bits per heavy atom. The van der Waals surface area contributed by atoms with E-state index in [0.717, 1.165) is 23.5 Å². The fourth-order valence-electron chi connectivity index (χ4n) is 12.8. The molecule has 9 aromatic carbocycles. The second-order valence-corrected chi connectivity index (χ2v) is 19.5. The molecule has 1 aromatic heterocycles. The van der Waals surface area contributed by atoms with Crippen LogP contribution in [0.5, 0.6) is 0 Å². The van der Waals surface area contributed by atoms with Gasteiger partial charge in [-0.1, -0.05) is 191 Å². The van der Waals surface area contributed by atoms with Crippen molar-refractivity contribution in [2.45, 2.75) is 50.4 Å². The quantitative estimate of drug-likeness (QED) is 0.168. The first kappa shape index (κ1) is 37.2. The summed E-state index contributed by atoms with van der Waals surface area (Å²) < 4.78 is 2.57. The van der Waals surface area contributed by atoms with Gasteiger partial charge in [-0.3, -0.25) is 0 Å². The lowest BCUT2D eigenvalue weighted by Gasteiger charge is -2.32. The van der Waals surface area contributed by atoms with Gasteiger partial charge in [-0.15, -0.1) is 0 Å². The van der Waals surface area contributed by atoms with Gasteiger partial charge < -0.3 is 9.47 Å². The monoisotopic (exact) mass is 820 g/mol. The van der Waals surface area contributed by atoms with Crippen LogP contribution >= 0.6 is 0 Å². The lowest BCUT2D eigenvalue weighted by Crippen LogP contribution is -2.26. The van der Waals surface area contributed by atoms with Gasteiger partial charge >= 0.3 is 0 Å². The van der Waals surface area contributed by atoms with Crippen LogP contribution in [0.1, 0.15) is 67.5 Å². The molecule has 0 bridgehead atoms. The molecule has 0 amide bonds. The number of nitrogens with zero attached hydrogens (tertiary/aromatic N) is 2. The second kappa shape index (κ2) is 13.3. The summed E-state index contributed by atoms with van der Waals surface area (Å²) in [6, 6.07) is 77.5.